The molecular weight excluding hydrogens is 332 g/mol. The first kappa shape index (κ1) is 17.7. The summed E-state index contributed by atoms with van der Waals surface area (Å²) in [5, 5.41) is 12.8. The van der Waals surface area contributed by atoms with Crippen molar-refractivity contribution in [2.75, 3.05) is 6.61 Å². The van der Waals surface area contributed by atoms with Crippen molar-refractivity contribution in [1.29, 1.82) is 0 Å². The van der Waals surface area contributed by atoms with Crippen LogP contribution in [0.5, 0.6) is 5.75 Å². The number of ether oxygens (including phenoxy) is 1. The van der Waals surface area contributed by atoms with Crippen LogP contribution in [0, 0.1) is 0 Å². The topological polar surface area (TPSA) is 85.5 Å². The Balaban J connectivity index is 1.88. The standard InChI is InChI=1S/C20H20N2O4/c1-20(2,3)14-10-8-13(9-11-14)18-21-19(26-22-18)15-6-4-5-7-16(15)25-12-17(23)24/h4-11H,12H2,1-3H3,(H,23,24). The highest BCUT2D eigenvalue weighted by molar-refractivity contribution is 5.70. The minimum Gasteiger partial charge on any atom is -0.481 e. The van der Waals surface area contributed by atoms with E-state index >= 15 is 0 Å². The van der Waals surface area contributed by atoms with Crippen molar-refractivity contribution in [3.05, 3.63) is 54.1 Å². The molecule has 0 unspecified atom stereocenters. The first-order valence-corrected chi connectivity index (χ1v) is 8.23. The van der Waals surface area contributed by atoms with Gasteiger partial charge >= 0.3 is 5.97 Å². The third-order valence-corrected chi connectivity index (χ3v) is 3.90. The molecule has 0 aliphatic rings. The molecule has 6 nitrogen and oxygen atoms in total. The second-order valence-electron chi connectivity index (χ2n) is 6.93. The van der Waals surface area contributed by atoms with E-state index in [0.717, 1.165) is 5.56 Å². The third kappa shape index (κ3) is 3.91. The molecule has 0 amide bonds. The highest BCUT2D eigenvalue weighted by Gasteiger charge is 2.17. The maximum atomic E-state index is 10.7. The van der Waals surface area contributed by atoms with E-state index in [4.69, 9.17) is 14.4 Å². The molecule has 0 spiro atoms. The number of hydrogen-bond donors (Lipinski definition) is 1. The minimum absolute atomic E-state index is 0.0708. The fourth-order valence-electron chi connectivity index (χ4n) is 2.48. The SMILES string of the molecule is CC(C)(C)c1ccc(-c2noc(-c3ccccc3OCC(=O)O)n2)cc1. The number of para-hydroxylation sites is 1. The number of nitrogens with zero attached hydrogens (tertiary/aromatic N) is 2. The van der Waals surface area contributed by atoms with Gasteiger partial charge in [0.25, 0.3) is 5.89 Å². The van der Waals surface area contributed by atoms with Gasteiger partial charge in [-0.1, -0.05) is 62.3 Å². The Kier molecular flexibility index (Phi) is 4.75. The first-order chi connectivity index (χ1) is 12.3. The van der Waals surface area contributed by atoms with Gasteiger partial charge in [0.1, 0.15) is 5.75 Å². The average molecular weight is 352 g/mol. The second kappa shape index (κ2) is 7.00. The number of rotatable bonds is 5. The van der Waals surface area contributed by atoms with E-state index in [0.29, 0.717) is 17.1 Å². The van der Waals surface area contributed by atoms with Gasteiger partial charge in [0.05, 0.1) is 5.56 Å². The van der Waals surface area contributed by atoms with Crippen molar-refractivity contribution in [2.45, 2.75) is 26.2 Å². The van der Waals surface area contributed by atoms with Crippen LogP contribution in [-0.4, -0.2) is 27.8 Å². The molecule has 1 aromatic heterocycles. The Hall–Kier alpha value is -3.15. The van der Waals surface area contributed by atoms with Gasteiger partial charge in [-0.2, -0.15) is 4.98 Å². The summed E-state index contributed by atoms with van der Waals surface area (Å²) in [5.41, 5.74) is 2.69. The van der Waals surface area contributed by atoms with Crippen LogP contribution in [0.4, 0.5) is 0 Å². The number of hydrogen-bond acceptors (Lipinski definition) is 5. The molecule has 0 aliphatic heterocycles. The molecule has 0 saturated carbocycles. The highest BCUT2D eigenvalue weighted by atomic mass is 16.5. The lowest BCUT2D eigenvalue weighted by Crippen LogP contribution is -2.10. The Morgan fingerprint density at radius 2 is 1.81 bits per heavy atom. The van der Waals surface area contributed by atoms with E-state index in [1.807, 2.05) is 12.1 Å². The minimum atomic E-state index is -1.05. The van der Waals surface area contributed by atoms with Crippen molar-refractivity contribution in [3.8, 4) is 28.6 Å². The van der Waals surface area contributed by atoms with Crippen LogP contribution in [0.25, 0.3) is 22.8 Å². The summed E-state index contributed by atoms with van der Waals surface area (Å²) in [5.74, 6) is 0.0764. The monoisotopic (exact) mass is 352 g/mol. The molecule has 0 atom stereocenters. The van der Waals surface area contributed by atoms with E-state index in [1.54, 1.807) is 24.3 Å². The molecule has 6 heteroatoms. The van der Waals surface area contributed by atoms with Crippen LogP contribution in [0.2, 0.25) is 0 Å². The summed E-state index contributed by atoms with van der Waals surface area (Å²) >= 11 is 0. The van der Waals surface area contributed by atoms with E-state index < -0.39 is 12.6 Å². The van der Waals surface area contributed by atoms with E-state index in [9.17, 15) is 4.79 Å². The van der Waals surface area contributed by atoms with E-state index in [2.05, 4.69) is 43.0 Å². The van der Waals surface area contributed by atoms with Crippen molar-refractivity contribution in [3.63, 3.8) is 0 Å². The molecule has 0 bridgehead atoms. The number of carboxylic acid groups (broad SMARTS) is 1. The van der Waals surface area contributed by atoms with Gasteiger partial charge in [0.2, 0.25) is 5.82 Å². The van der Waals surface area contributed by atoms with Crippen molar-refractivity contribution < 1.29 is 19.2 Å². The van der Waals surface area contributed by atoms with Gasteiger partial charge in [-0.25, -0.2) is 4.79 Å². The zero-order chi connectivity index (χ0) is 18.7. The van der Waals surface area contributed by atoms with E-state index in [-0.39, 0.29) is 11.3 Å². The lowest BCUT2D eigenvalue weighted by Gasteiger charge is -2.18. The molecule has 0 fully saturated rings. The Bertz CT molecular complexity index is 908. The molecule has 134 valence electrons. The normalized spacial score (nSPS) is 11.3. The Morgan fingerprint density at radius 1 is 1.12 bits per heavy atom. The molecule has 0 radical (unpaired) electrons. The van der Waals surface area contributed by atoms with Gasteiger partial charge in [-0.3, -0.25) is 0 Å². The average Bonchev–Trinajstić information content (AvgIpc) is 3.09. The van der Waals surface area contributed by atoms with Crippen molar-refractivity contribution in [1.82, 2.24) is 10.1 Å². The maximum Gasteiger partial charge on any atom is 0.341 e. The van der Waals surface area contributed by atoms with Gasteiger partial charge < -0.3 is 14.4 Å². The molecule has 1 N–H and O–H groups in total. The van der Waals surface area contributed by atoms with Crippen LogP contribution in [0.3, 0.4) is 0 Å². The maximum absolute atomic E-state index is 10.7. The Morgan fingerprint density at radius 3 is 2.46 bits per heavy atom. The van der Waals surface area contributed by atoms with Gasteiger partial charge in [0, 0.05) is 5.56 Å². The third-order valence-electron chi connectivity index (χ3n) is 3.90. The molecule has 2 aromatic carbocycles. The summed E-state index contributed by atoms with van der Waals surface area (Å²) in [6.45, 7) is 6.03. The largest absolute Gasteiger partial charge is 0.481 e. The highest BCUT2D eigenvalue weighted by Crippen LogP contribution is 2.31. The van der Waals surface area contributed by atoms with Crippen LogP contribution in [-0.2, 0) is 10.2 Å². The summed E-state index contributed by atoms with van der Waals surface area (Å²) in [6.07, 6.45) is 0. The number of aliphatic carboxylic acids is 1. The summed E-state index contributed by atoms with van der Waals surface area (Å²) in [6, 6.07) is 15.0. The molecule has 3 aromatic rings. The summed E-state index contributed by atoms with van der Waals surface area (Å²) < 4.78 is 10.7. The second-order valence-corrected chi connectivity index (χ2v) is 6.93. The Labute approximate surface area is 151 Å². The quantitative estimate of drug-likeness (QED) is 0.742. The lowest BCUT2D eigenvalue weighted by atomic mass is 9.87. The molecule has 26 heavy (non-hydrogen) atoms. The number of carbonyl (C=O) groups is 1. The van der Waals surface area contributed by atoms with Crippen molar-refractivity contribution in [2.24, 2.45) is 0 Å². The fourth-order valence-corrected chi connectivity index (χ4v) is 2.48. The molecule has 0 saturated heterocycles. The number of aromatic nitrogens is 2. The van der Waals surface area contributed by atoms with Gasteiger partial charge in [-0.05, 0) is 23.1 Å². The number of benzene rings is 2. The number of carboxylic acids is 1. The van der Waals surface area contributed by atoms with Crippen LogP contribution < -0.4 is 4.74 Å². The molecular formula is C20H20N2O4. The van der Waals surface area contributed by atoms with Crippen LogP contribution >= 0.6 is 0 Å². The zero-order valence-electron chi connectivity index (χ0n) is 14.9. The molecule has 0 aliphatic carbocycles. The first-order valence-electron chi connectivity index (χ1n) is 8.23. The predicted molar refractivity (Wildman–Crippen MR) is 97.0 cm³/mol. The lowest BCUT2D eigenvalue weighted by molar-refractivity contribution is -0.139. The fraction of sp³-hybridized carbons (Fsp3) is 0.250. The van der Waals surface area contributed by atoms with Crippen LogP contribution in [0.1, 0.15) is 26.3 Å². The zero-order valence-corrected chi connectivity index (χ0v) is 14.9. The van der Waals surface area contributed by atoms with E-state index in [1.165, 1.54) is 5.56 Å². The van der Waals surface area contributed by atoms with Gasteiger partial charge in [0.15, 0.2) is 6.61 Å². The van der Waals surface area contributed by atoms with Crippen LogP contribution in [0.15, 0.2) is 53.1 Å². The summed E-state index contributed by atoms with van der Waals surface area (Å²) in [4.78, 5) is 15.2. The predicted octanol–water partition coefficient (Wildman–Crippen LogP) is 4.16. The summed E-state index contributed by atoms with van der Waals surface area (Å²) in [7, 11) is 0. The molecule has 1 heterocycles. The van der Waals surface area contributed by atoms with Crippen molar-refractivity contribution >= 4 is 5.97 Å². The smallest absolute Gasteiger partial charge is 0.341 e. The van der Waals surface area contributed by atoms with Gasteiger partial charge in [-0.15, -0.1) is 0 Å². The molecule has 3 rings (SSSR count).